The summed E-state index contributed by atoms with van der Waals surface area (Å²) in [6, 6.07) is 17.0. The highest BCUT2D eigenvalue weighted by molar-refractivity contribution is 5.71. The number of amides is 1. The molecule has 2 aromatic rings. The molecule has 1 heterocycles. The number of rotatable bonds is 8. The summed E-state index contributed by atoms with van der Waals surface area (Å²) in [5.41, 5.74) is 4.42. The minimum atomic E-state index is -0.231. The molecule has 1 saturated heterocycles. The molecule has 0 aromatic heterocycles. The Bertz CT molecular complexity index is 844. The largest absolute Gasteiger partial charge is 0.441 e. The summed E-state index contributed by atoms with van der Waals surface area (Å²) < 4.78 is 11.5. The number of benzene rings is 2. The second-order valence-electron chi connectivity index (χ2n) is 8.52. The average molecular weight is 409 g/mol. The number of hydrogen-bond donors (Lipinski definition) is 1. The molecule has 160 valence electrons. The number of likely N-dealkylation sites (N-methyl/N-ethyl adjacent to an activating group) is 1. The van der Waals surface area contributed by atoms with E-state index in [1.165, 1.54) is 23.1 Å². The van der Waals surface area contributed by atoms with E-state index in [9.17, 15) is 4.79 Å². The van der Waals surface area contributed by atoms with Crippen molar-refractivity contribution in [2.45, 2.75) is 50.9 Å². The molecule has 4 rings (SSSR count). The van der Waals surface area contributed by atoms with Crippen LogP contribution >= 0.6 is 0 Å². The van der Waals surface area contributed by atoms with Crippen LogP contribution in [-0.4, -0.2) is 43.3 Å². The number of carbonyl (C=O) groups is 1. The van der Waals surface area contributed by atoms with Crippen molar-refractivity contribution in [3.8, 4) is 11.1 Å². The summed E-state index contributed by atoms with van der Waals surface area (Å²) in [6.07, 6.45) is 5.42. The van der Waals surface area contributed by atoms with Crippen LogP contribution in [0.1, 0.15) is 43.2 Å². The van der Waals surface area contributed by atoms with Crippen LogP contribution in [0.3, 0.4) is 0 Å². The molecule has 1 saturated carbocycles. The second-order valence-corrected chi connectivity index (χ2v) is 8.52. The molecule has 1 aliphatic heterocycles. The number of hydrogen-bond acceptors (Lipinski definition) is 4. The van der Waals surface area contributed by atoms with E-state index in [4.69, 9.17) is 9.47 Å². The molecule has 0 atom stereocenters. The summed E-state index contributed by atoms with van der Waals surface area (Å²) in [4.78, 5) is 14.3. The molecular formula is C25H32N2O3. The number of ether oxygens (including phenoxy) is 2. The van der Waals surface area contributed by atoms with Crippen molar-refractivity contribution in [2.75, 3.05) is 26.7 Å². The van der Waals surface area contributed by atoms with Gasteiger partial charge in [-0.1, -0.05) is 48.9 Å². The highest BCUT2D eigenvalue weighted by Gasteiger charge is 2.45. The van der Waals surface area contributed by atoms with Gasteiger partial charge in [-0.05, 0) is 61.1 Å². The van der Waals surface area contributed by atoms with Crippen LogP contribution in [-0.2, 0) is 22.6 Å². The van der Waals surface area contributed by atoms with Crippen LogP contribution in [0, 0.1) is 0 Å². The zero-order valence-electron chi connectivity index (χ0n) is 17.9. The van der Waals surface area contributed by atoms with E-state index in [1.54, 1.807) is 0 Å². The van der Waals surface area contributed by atoms with E-state index >= 15 is 0 Å². The minimum Gasteiger partial charge on any atom is -0.441 e. The highest BCUT2D eigenvalue weighted by atomic mass is 16.6. The maximum absolute atomic E-state index is 12.4. The quantitative estimate of drug-likeness (QED) is 0.641. The average Bonchev–Trinajstić information content (AvgIpc) is 3.06. The zero-order chi connectivity index (χ0) is 20.8. The van der Waals surface area contributed by atoms with Crippen LogP contribution in [0.5, 0.6) is 0 Å². The molecule has 0 bridgehead atoms. The van der Waals surface area contributed by atoms with E-state index in [2.05, 4.69) is 53.8 Å². The Labute approximate surface area is 179 Å². The summed E-state index contributed by atoms with van der Waals surface area (Å²) in [5, 5.41) is 3.08. The van der Waals surface area contributed by atoms with E-state index < -0.39 is 0 Å². The topological polar surface area (TPSA) is 50.8 Å². The number of carbonyl (C=O) groups excluding carboxylic acids is 1. The first-order chi connectivity index (χ1) is 14.7. The fraction of sp³-hybridized carbons (Fsp3) is 0.480. The first kappa shape index (κ1) is 20.9. The van der Waals surface area contributed by atoms with Crippen molar-refractivity contribution in [3.05, 3.63) is 59.7 Å². The van der Waals surface area contributed by atoms with Crippen molar-refractivity contribution in [3.63, 3.8) is 0 Å². The van der Waals surface area contributed by atoms with Crippen molar-refractivity contribution in [2.24, 2.45) is 0 Å². The Morgan fingerprint density at radius 3 is 2.60 bits per heavy atom. The van der Waals surface area contributed by atoms with Gasteiger partial charge in [0.1, 0.15) is 5.60 Å². The maximum atomic E-state index is 12.4. The van der Waals surface area contributed by atoms with Gasteiger partial charge in [0.15, 0.2) is 0 Å². The SMILES string of the molecule is CNCCOCc1cccc(-c2ccc(CN3CC4(CCCCC4)OC3=O)cc2)c1. The van der Waals surface area contributed by atoms with Crippen LogP contribution in [0.4, 0.5) is 4.79 Å². The Morgan fingerprint density at radius 2 is 1.83 bits per heavy atom. The Kier molecular flexibility index (Phi) is 6.70. The van der Waals surface area contributed by atoms with Gasteiger partial charge in [-0.15, -0.1) is 0 Å². The standard InChI is InChI=1S/C25H32N2O3/c1-26-14-15-29-18-21-6-5-7-23(16-21)22-10-8-20(9-11-22)17-27-19-25(30-24(27)28)12-3-2-4-13-25/h5-11,16,26H,2-4,12-15,17-19H2,1H3. The molecule has 5 heteroatoms. The molecule has 0 radical (unpaired) electrons. The van der Waals surface area contributed by atoms with Gasteiger partial charge >= 0.3 is 6.09 Å². The molecule has 1 spiro atoms. The third kappa shape index (κ3) is 5.02. The monoisotopic (exact) mass is 408 g/mol. The predicted octanol–water partition coefficient (Wildman–Crippen LogP) is 4.74. The van der Waals surface area contributed by atoms with E-state index in [-0.39, 0.29) is 11.7 Å². The van der Waals surface area contributed by atoms with Gasteiger partial charge in [-0.25, -0.2) is 4.79 Å². The summed E-state index contributed by atoms with van der Waals surface area (Å²) in [5.74, 6) is 0. The lowest BCUT2D eigenvalue weighted by molar-refractivity contribution is 0.0260. The van der Waals surface area contributed by atoms with Gasteiger partial charge < -0.3 is 14.8 Å². The van der Waals surface area contributed by atoms with Crippen molar-refractivity contribution in [1.29, 1.82) is 0 Å². The van der Waals surface area contributed by atoms with Gasteiger partial charge in [0, 0.05) is 13.1 Å². The van der Waals surface area contributed by atoms with E-state index in [0.29, 0.717) is 19.8 Å². The highest BCUT2D eigenvalue weighted by Crippen LogP contribution is 2.37. The molecule has 2 aromatic carbocycles. The first-order valence-corrected chi connectivity index (χ1v) is 11.1. The van der Waals surface area contributed by atoms with Gasteiger partial charge in [0.05, 0.1) is 19.8 Å². The van der Waals surface area contributed by atoms with Crippen molar-refractivity contribution >= 4 is 6.09 Å². The fourth-order valence-corrected chi connectivity index (χ4v) is 4.50. The summed E-state index contributed by atoms with van der Waals surface area (Å²) in [7, 11) is 1.92. The molecule has 1 N–H and O–H groups in total. The molecule has 0 unspecified atom stereocenters. The van der Waals surface area contributed by atoms with E-state index in [0.717, 1.165) is 44.3 Å². The minimum absolute atomic E-state index is 0.160. The molecule has 5 nitrogen and oxygen atoms in total. The molecule has 2 aliphatic rings. The smallest absolute Gasteiger partial charge is 0.410 e. The third-order valence-corrected chi connectivity index (χ3v) is 6.16. The van der Waals surface area contributed by atoms with Crippen LogP contribution < -0.4 is 5.32 Å². The molecule has 1 aliphatic carbocycles. The van der Waals surface area contributed by atoms with E-state index in [1.807, 2.05) is 11.9 Å². The second kappa shape index (κ2) is 9.63. The normalized spacial score (nSPS) is 18.0. The Balaban J connectivity index is 1.37. The lowest BCUT2D eigenvalue weighted by Crippen LogP contribution is -2.36. The number of nitrogens with zero attached hydrogens (tertiary/aromatic N) is 1. The summed E-state index contributed by atoms with van der Waals surface area (Å²) >= 11 is 0. The van der Waals surface area contributed by atoms with Crippen molar-refractivity contribution in [1.82, 2.24) is 10.2 Å². The predicted molar refractivity (Wildman–Crippen MR) is 118 cm³/mol. The molecule has 30 heavy (non-hydrogen) atoms. The Hall–Kier alpha value is -2.37. The van der Waals surface area contributed by atoms with Crippen molar-refractivity contribution < 1.29 is 14.3 Å². The summed E-state index contributed by atoms with van der Waals surface area (Å²) in [6.45, 7) is 3.51. The third-order valence-electron chi connectivity index (χ3n) is 6.16. The van der Waals surface area contributed by atoms with Gasteiger partial charge in [0.2, 0.25) is 0 Å². The maximum Gasteiger partial charge on any atom is 0.410 e. The molecule has 1 amide bonds. The first-order valence-electron chi connectivity index (χ1n) is 11.1. The number of nitrogens with one attached hydrogen (secondary N) is 1. The van der Waals surface area contributed by atoms with Gasteiger partial charge in [0.25, 0.3) is 0 Å². The Morgan fingerprint density at radius 1 is 1.03 bits per heavy atom. The lowest BCUT2D eigenvalue weighted by Gasteiger charge is -2.30. The van der Waals surface area contributed by atoms with Crippen LogP contribution in [0.15, 0.2) is 48.5 Å². The zero-order valence-corrected chi connectivity index (χ0v) is 17.9. The fourth-order valence-electron chi connectivity index (χ4n) is 4.50. The van der Waals surface area contributed by atoms with Crippen LogP contribution in [0.25, 0.3) is 11.1 Å². The molecular weight excluding hydrogens is 376 g/mol. The van der Waals surface area contributed by atoms with Crippen LogP contribution in [0.2, 0.25) is 0 Å². The lowest BCUT2D eigenvalue weighted by atomic mass is 9.85. The van der Waals surface area contributed by atoms with Gasteiger partial charge in [-0.3, -0.25) is 4.90 Å². The van der Waals surface area contributed by atoms with Gasteiger partial charge in [-0.2, -0.15) is 0 Å². The molecule has 2 fully saturated rings.